The first-order valence-electron chi connectivity index (χ1n) is 7.84. The van der Waals surface area contributed by atoms with E-state index in [2.05, 4.69) is 5.32 Å². The van der Waals surface area contributed by atoms with Crippen molar-refractivity contribution in [1.29, 1.82) is 0 Å². The molecule has 3 rings (SSSR count). The highest BCUT2D eigenvalue weighted by Crippen LogP contribution is 2.35. The third kappa shape index (κ3) is 2.53. The molecule has 2 aliphatic heterocycles. The molecule has 2 atom stereocenters. The molecule has 2 fully saturated rings. The van der Waals surface area contributed by atoms with Gasteiger partial charge in [-0.25, -0.2) is 8.42 Å². The predicted octanol–water partition coefficient (Wildman–Crippen LogP) is 1.83. The van der Waals surface area contributed by atoms with Gasteiger partial charge in [0.15, 0.2) is 0 Å². The molecular weight excluding hydrogens is 300 g/mol. The number of hydrogen-bond acceptors (Lipinski definition) is 4. The molecule has 0 saturated carbocycles. The lowest BCUT2D eigenvalue weighted by molar-refractivity contribution is 0.334. The van der Waals surface area contributed by atoms with Crippen LogP contribution in [0.15, 0.2) is 17.0 Å². The van der Waals surface area contributed by atoms with Crippen LogP contribution in [0.2, 0.25) is 0 Å². The van der Waals surface area contributed by atoms with Crippen molar-refractivity contribution in [2.45, 2.75) is 50.1 Å². The summed E-state index contributed by atoms with van der Waals surface area (Å²) in [5, 5.41) is 3.35. The maximum absolute atomic E-state index is 13.2. The Labute approximate surface area is 132 Å². The minimum Gasteiger partial charge on any atom is -0.496 e. The van der Waals surface area contributed by atoms with Crippen LogP contribution in [0.25, 0.3) is 0 Å². The Kier molecular flexibility index (Phi) is 4.18. The topological polar surface area (TPSA) is 58.6 Å². The Morgan fingerprint density at radius 3 is 2.41 bits per heavy atom. The minimum absolute atomic E-state index is 0.0835. The molecule has 0 radical (unpaired) electrons. The number of methoxy groups -OCH3 is 1. The lowest BCUT2D eigenvalue weighted by atomic mass is 10.1. The van der Waals surface area contributed by atoms with Gasteiger partial charge < -0.3 is 10.1 Å². The minimum atomic E-state index is -3.45. The molecule has 0 aliphatic carbocycles. The summed E-state index contributed by atoms with van der Waals surface area (Å²) in [5.74, 6) is 0.763. The Morgan fingerprint density at radius 2 is 1.77 bits per heavy atom. The molecule has 2 bridgehead atoms. The number of fused-ring (bicyclic) bond motifs is 2. The number of nitrogens with one attached hydrogen (secondary N) is 1. The molecule has 0 spiro atoms. The molecule has 1 aromatic carbocycles. The lowest BCUT2D eigenvalue weighted by Gasteiger charge is -2.27. The van der Waals surface area contributed by atoms with E-state index in [1.54, 1.807) is 23.5 Å². The van der Waals surface area contributed by atoms with Crippen LogP contribution < -0.4 is 10.1 Å². The van der Waals surface area contributed by atoms with Gasteiger partial charge >= 0.3 is 0 Å². The van der Waals surface area contributed by atoms with Crippen molar-refractivity contribution < 1.29 is 13.2 Å². The number of benzene rings is 1. The summed E-state index contributed by atoms with van der Waals surface area (Å²) in [6, 6.07) is 3.69. The molecule has 22 heavy (non-hydrogen) atoms. The smallest absolute Gasteiger partial charge is 0.243 e. The zero-order valence-corrected chi connectivity index (χ0v) is 14.2. The standard InChI is InChI=1S/C16H24N2O3S/c1-11-8-15(9-12(2)16(11)21-3)22(19,20)18-13-4-5-14(18)10-17-7-6-13/h8-9,13-14,17H,4-7,10H2,1-3H3. The van der Waals surface area contributed by atoms with Crippen molar-refractivity contribution in [2.75, 3.05) is 20.2 Å². The first-order chi connectivity index (χ1) is 10.4. The van der Waals surface area contributed by atoms with Gasteiger partial charge in [0.2, 0.25) is 10.0 Å². The Hall–Kier alpha value is -1.11. The number of aryl methyl sites for hydroxylation is 2. The Morgan fingerprint density at radius 1 is 1.14 bits per heavy atom. The summed E-state index contributed by atoms with van der Waals surface area (Å²) in [6.07, 6.45) is 2.81. The van der Waals surface area contributed by atoms with E-state index in [1.165, 1.54) is 0 Å². The Balaban J connectivity index is 2.03. The lowest BCUT2D eigenvalue weighted by Crippen LogP contribution is -2.42. The summed E-state index contributed by atoms with van der Waals surface area (Å²) in [6.45, 7) is 5.44. The Bertz CT molecular complexity index is 635. The van der Waals surface area contributed by atoms with Gasteiger partial charge in [-0.05, 0) is 62.9 Å². The molecule has 0 aromatic heterocycles. The van der Waals surface area contributed by atoms with Crippen LogP contribution in [0.4, 0.5) is 0 Å². The number of nitrogens with zero attached hydrogens (tertiary/aromatic N) is 1. The summed E-state index contributed by atoms with van der Waals surface area (Å²) in [4.78, 5) is 0.391. The number of sulfonamides is 1. The van der Waals surface area contributed by atoms with Crippen LogP contribution >= 0.6 is 0 Å². The monoisotopic (exact) mass is 324 g/mol. The fourth-order valence-corrected chi connectivity index (χ4v) is 5.90. The van der Waals surface area contributed by atoms with Crippen molar-refractivity contribution in [1.82, 2.24) is 9.62 Å². The van der Waals surface area contributed by atoms with Gasteiger partial charge in [0.1, 0.15) is 5.75 Å². The zero-order chi connectivity index (χ0) is 15.9. The summed E-state index contributed by atoms with van der Waals surface area (Å²) in [7, 11) is -1.84. The molecular formula is C16H24N2O3S. The average molecular weight is 324 g/mol. The summed E-state index contributed by atoms with van der Waals surface area (Å²) >= 11 is 0. The predicted molar refractivity (Wildman–Crippen MR) is 85.8 cm³/mol. The number of hydrogen-bond donors (Lipinski definition) is 1. The highest BCUT2D eigenvalue weighted by Gasteiger charge is 2.43. The molecule has 0 amide bonds. The van der Waals surface area contributed by atoms with Gasteiger partial charge in [-0.1, -0.05) is 0 Å². The van der Waals surface area contributed by atoms with Gasteiger partial charge in [-0.2, -0.15) is 4.31 Å². The molecule has 2 saturated heterocycles. The normalized spacial score (nSPS) is 26.0. The molecule has 5 nitrogen and oxygen atoms in total. The van der Waals surface area contributed by atoms with E-state index >= 15 is 0 Å². The second-order valence-corrected chi connectivity index (χ2v) is 8.15. The van der Waals surface area contributed by atoms with Crippen molar-refractivity contribution in [3.8, 4) is 5.75 Å². The van der Waals surface area contributed by atoms with Crippen LogP contribution in [0.1, 0.15) is 30.4 Å². The van der Waals surface area contributed by atoms with Gasteiger partial charge in [-0.3, -0.25) is 0 Å². The molecule has 6 heteroatoms. The maximum atomic E-state index is 13.2. The van der Waals surface area contributed by atoms with E-state index in [9.17, 15) is 8.42 Å². The third-order valence-corrected chi connectivity index (χ3v) is 6.78. The SMILES string of the molecule is COc1c(C)cc(S(=O)(=O)N2C3CCNCC2CC3)cc1C. The second-order valence-electron chi connectivity index (χ2n) is 6.30. The first kappa shape index (κ1) is 15.8. The average Bonchev–Trinajstić information content (AvgIpc) is 2.72. The maximum Gasteiger partial charge on any atom is 0.243 e. The molecule has 2 aliphatic rings. The second kappa shape index (κ2) is 5.83. The zero-order valence-electron chi connectivity index (χ0n) is 13.4. The molecule has 2 heterocycles. The summed E-state index contributed by atoms with van der Waals surface area (Å²) < 4.78 is 33.4. The van der Waals surface area contributed by atoms with E-state index in [-0.39, 0.29) is 12.1 Å². The third-order valence-electron chi connectivity index (χ3n) is 4.80. The van der Waals surface area contributed by atoms with Crippen molar-refractivity contribution in [3.63, 3.8) is 0 Å². The van der Waals surface area contributed by atoms with Gasteiger partial charge in [-0.15, -0.1) is 0 Å². The molecule has 122 valence electrons. The number of ether oxygens (including phenoxy) is 1. The highest BCUT2D eigenvalue weighted by atomic mass is 32.2. The quantitative estimate of drug-likeness (QED) is 0.921. The van der Waals surface area contributed by atoms with Crippen LogP contribution in [0.3, 0.4) is 0 Å². The molecule has 2 unspecified atom stereocenters. The van der Waals surface area contributed by atoms with E-state index in [1.807, 2.05) is 13.8 Å². The largest absolute Gasteiger partial charge is 0.496 e. The number of rotatable bonds is 3. The molecule has 1 N–H and O–H groups in total. The van der Waals surface area contributed by atoms with Crippen molar-refractivity contribution >= 4 is 10.0 Å². The van der Waals surface area contributed by atoms with Crippen molar-refractivity contribution in [3.05, 3.63) is 23.3 Å². The van der Waals surface area contributed by atoms with E-state index in [0.717, 1.165) is 49.2 Å². The van der Waals surface area contributed by atoms with Gasteiger partial charge in [0, 0.05) is 18.6 Å². The van der Waals surface area contributed by atoms with E-state index in [4.69, 9.17) is 4.74 Å². The van der Waals surface area contributed by atoms with Crippen LogP contribution in [0, 0.1) is 13.8 Å². The van der Waals surface area contributed by atoms with Crippen molar-refractivity contribution in [2.24, 2.45) is 0 Å². The van der Waals surface area contributed by atoms with E-state index < -0.39 is 10.0 Å². The van der Waals surface area contributed by atoms with E-state index in [0.29, 0.717) is 4.90 Å². The van der Waals surface area contributed by atoms with Gasteiger partial charge in [0.25, 0.3) is 0 Å². The first-order valence-corrected chi connectivity index (χ1v) is 9.28. The molecule has 1 aromatic rings. The van der Waals surface area contributed by atoms with Gasteiger partial charge in [0.05, 0.1) is 12.0 Å². The van der Waals surface area contributed by atoms with Crippen LogP contribution in [-0.4, -0.2) is 45.0 Å². The summed E-state index contributed by atoms with van der Waals surface area (Å²) in [5.41, 5.74) is 1.72. The fourth-order valence-electron chi connectivity index (χ4n) is 3.83. The van der Waals surface area contributed by atoms with Crippen LogP contribution in [0.5, 0.6) is 5.75 Å². The highest BCUT2D eigenvalue weighted by molar-refractivity contribution is 7.89. The fraction of sp³-hybridized carbons (Fsp3) is 0.625. The van der Waals surface area contributed by atoms with Crippen LogP contribution in [-0.2, 0) is 10.0 Å².